The molecule has 0 amide bonds. The van der Waals surface area contributed by atoms with Gasteiger partial charge in [0.05, 0.1) is 17.8 Å². The van der Waals surface area contributed by atoms with Crippen LogP contribution < -0.4 is 15.7 Å². The van der Waals surface area contributed by atoms with Gasteiger partial charge in [-0.25, -0.2) is 9.97 Å². The third-order valence-electron chi connectivity index (χ3n) is 4.94. The number of hydrogen-bond donors (Lipinski definition) is 2. The summed E-state index contributed by atoms with van der Waals surface area (Å²) in [5.74, 6) is 0.752. The molecular formula is C18H18BN5O2. The molecule has 0 spiro atoms. The second-order valence-electron chi connectivity index (χ2n) is 6.61. The maximum Gasteiger partial charge on any atom is 0.491 e. The second-order valence-corrected chi connectivity index (χ2v) is 6.61. The fourth-order valence-corrected chi connectivity index (χ4v) is 3.52. The Labute approximate surface area is 151 Å². The van der Waals surface area contributed by atoms with Crippen LogP contribution in [-0.2, 0) is 11.3 Å². The Morgan fingerprint density at radius 3 is 2.92 bits per heavy atom. The van der Waals surface area contributed by atoms with Crippen molar-refractivity contribution in [3.8, 4) is 11.3 Å². The largest absolute Gasteiger partial charge is 0.491 e. The number of anilines is 1. The molecule has 4 heterocycles. The van der Waals surface area contributed by atoms with Crippen LogP contribution in [0.1, 0.15) is 5.56 Å². The highest BCUT2D eigenvalue weighted by atomic mass is 16.5. The molecule has 130 valence electrons. The summed E-state index contributed by atoms with van der Waals surface area (Å²) >= 11 is 0. The maximum absolute atomic E-state index is 9.93. The molecule has 7 nitrogen and oxygen atoms in total. The van der Waals surface area contributed by atoms with E-state index in [0.717, 1.165) is 65.3 Å². The lowest BCUT2D eigenvalue weighted by Gasteiger charge is -2.27. The molecule has 1 aromatic carbocycles. The summed E-state index contributed by atoms with van der Waals surface area (Å²) in [7, 11) is -0.851. The standard InChI is InChI=1S/C18H18BN5O2/c25-19-15-8-12-7-13(10-22-17(12)9-14(15)11-26-19)16-1-2-21-18(23-16)24-5-3-20-4-6-24/h1-2,7-10,20,25H,3-6,11H2. The monoisotopic (exact) mass is 347 g/mol. The van der Waals surface area contributed by atoms with Gasteiger partial charge in [0.2, 0.25) is 5.95 Å². The third-order valence-corrected chi connectivity index (χ3v) is 4.94. The normalized spacial score (nSPS) is 17.0. The lowest BCUT2D eigenvalue weighted by atomic mass is 9.79. The Bertz CT molecular complexity index is 977. The van der Waals surface area contributed by atoms with Gasteiger partial charge in [0.15, 0.2) is 0 Å². The fourth-order valence-electron chi connectivity index (χ4n) is 3.52. The molecule has 0 atom stereocenters. The molecule has 8 heteroatoms. The summed E-state index contributed by atoms with van der Waals surface area (Å²) in [6, 6.07) is 7.89. The molecule has 1 saturated heterocycles. The molecule has 1 fully saturated rings. The van der Waals surface area contributed by atoms with Crippen LogP contribution in [0.2, 0.25) is 0 Å². The molecule has 2 aromatic heterocycles. The second kappa shape index (κ2) is 6.32. The van der Waals surface area contributed by atoms with Gasteiger partial charge in [-0.3, -0.25) is 4.98 Å². The molecule has 5 rings (SSSR count). The Morgan fingerprint density at radius 1 is 1.15 bits per heavy atom. The van der Waals surface area contributed by atoms with Gasteiger partial charge in [-0.2, -0.15) is 0 Å². The van der Waals surface area contributed by atoms with Gasteiger partial charge in [0.1, 0.15) is 0 Å². The van der Waals surface area contributed by atoms with Crippen molar-refractivity contribution < 1.29 is 9.68 Å². The number of fused-ring (bicyclic) bond motifs is 2. The highest BCUT2D eigenvalue weighted by Crippen LogP contribution is 2.24. The zero-order valence-corrected chi connectivity index (χ0v) is 14.2. The number of piperazine rings is 1. The number of nitrogens with one attached hydrogen (secondary N) is 1. The van der Waals surface area contributed by atoms with Crippen LogP contribution in [0.5, 0.6) is 0 Å². The Balaban J connectivity index is 1.53. The van der Waals surface area contributed by atoms with Crippen LogP contribution in [0, 0.1) is 0 Å². The molecule has 26 heavy (non-hydrogen) atoms. The van der Waals surface area contributed by atoms with Crippen molar-refractivity contribution >= 4 is 29.4 Å². The molecule has 0 aliphatic carbocycles. The highest BCUT2D eigenvalue weighted by molar-refractivity contribution is 6.61. The van der Waals surface area contributed by atoms with E-state index in [-0.39, 0.29) is 0 Å². The van der Waals surface area contributed by atoms with Crippen LogP contribution in [0.3, 0.4) is 0 Å². The summed E-state index contributed by atoms with van der Waals surface area (Å²) in [5, 5.41) is 14.2. The number of rotatable bonds is 2. The van der Waals surface area contributed by atoms with Crippen LogP contribution >= 0.6 is 0 Å². The first-order valence-corrected chi connectivity index (χ1v) is 8.79. The number of benzene rings is 1. The molecule has 2 N–H and O–H groups in total. The first-order chi connectivity index (χ1) is 12.8. The number of nitrogens with zero attached hydrogens (tertiary/aromatic N) is 4. The quantitative estimate of drug-likeness (QED) is 0.646. The summed E-state index contributed by atoms with van der Waals surface area (Å²) in [5.41, 5.74) is 4.49. The highest BCUT2D eigenvalue weighted by Gasteiger charge is 2.27. The van der Waals surface area contributed by atoms with E-state index in [1.165, 1.54) is 0 Å². The predicted molar refractivity (Wildman–Crippen MR) is 100 cm³/mol. The predicted octanol–water partition coefficient (Wildman–Crippen LogP) is 0.319. The lowest BCUT2D eigenvalue weighted by molar-refractivity contribution is 0.275. The van der Waals surface area contributed by atoms with E-state index in [4.69, 9.17) is 9.64 Å². The van der Waals surface area contributed by atoms with Crippen LogP contribution in [0.4, 0.5) is 5.95 Å². The Morgan fingerprint density at radius 2 is 2.04 bits per heavy atom. The summed E-state index contributed by atoms with van der Waals surface area (Å²) in [4.78, 5) is 15.9. The Kier molecular flexibility index (Phi) is 3.81. The molecule has 0 bridgehead atoms. The van der Waals surface area contributed by atoms with Crippen LogP contribution in [0.25, 0.3) is 22.2 Å². The van der Waals surface area contributed by atoms with Gasteiger partial charge in [0.25, 0.3) is 0 Å². The van der Waals surface area contributed by atoms with Crippen molar-refractivity contribution in [2.45, 2.75) is 6.61 Å². The topological polar surface area (TPSA) is 83.4 Å². The lowest BCUT2D eigenvalue weighted by Crippen LogP contribution is -2.44. The van der Waals surface area contributed by atoms with E-state index in [0.29, 0.717) is 6.61 Å². The number of pyridine rings is 1. The van der Waals surface area contributed by atoms with E-state index in [9.17, 15) is 5.02 Å². The van der Waals surface area contributed by atoms with Gasteiger partial charge in [-0.15, -0.1) is 0 Å². The molecule has 2 aliphatic heterocycles. The van der Waals surface area contributed by atoms with Crippen LogP contribution in [0.15, 0.2) is 36.7 Å². The molecule has 3 aromatic rings. The Hall–Kier alpha value is -2.55. The molecule has 2 aliphatic rings. The van der Waals surface area contributed by atoms with Crippen molar-refractivity contribution in [3.63, 3.8) is 0 Å². The molecule has 0 saturated carbocycles. The summed E-state index contributed by atoms with van der Waals surface area (Å²) in [6.45, 7) is 4.13. The molecule has 0 radical (unpaired) electrons. The van der Waals surface area contributed by atoms with Crippen molar-refractivity contribution in [2.24, 2.45) is 0 Å². The van der Waals surface area contributed by atoms with E-state index in [2.05, 4.69) is 26.3 Å². The minimum absolute atomic E-state index is 0.426. The molecular weight excluding hydrogens is 329 g/mol. The van der Waals surface area contributed by atoms with Crippen molar-refractivity contribution in [3.05, 3.63) is 42.2 Å². The van der Waals surface area contributed by atoms with Crippen molar-refractivity contribution in [1.29, 1.82) is 0 Å². The average Bonchev–Trinajstić information content (AvgIpc) is 3.06. The zero-order valence-electron chi connectivity index (χ0n) is 14.2. The van der Waals surface area contributed by atoms with E-state index in [1.807, 2.05) is 24.4 Å². The van der Waals surface area contributed by atoms with Crippen molar-refractivity contribution in [2.75, 3.05) is 31.1 Å². The van der Waals surface area contributed by atoms with Gasteiger partial charge >= 0.3 is 7.12 Å². The minimum atomic E-state index is -0.851. The number of hydrogen-bond acceptors (Lipinski definition) is 7. The summed E-state index contributed by atoms with van der Waals surface area (Å²) < 4.78 is 5.29. The minimum Gasteiger partial charge on any atom is -0.423 e. The SMILES string of the molecule is OB1OCc2cc3ncc(-c4ccnc(N5CCNCC5)n4)cc3cc21. The van der Waals surface area contributed by atoms with E-state index < -0.39 is 7.12 Å². The first kappa shape index (κ1) is 15.7. The zero-order chi connectivity index (χ0) is 17.5. The fraction of sp³-hybridized carbons (Fsp3) is 0.278. The average molecular weight is 347 g/mol. The van der Waals surface area contributed by atoms with Gasteiger partial charge in [-0.05, 0) is 29.2 Å². The first-order valence-electron chi connectivity index (χ1n) is 8.79. The number of aromatic nitrogens is 3. The smallest absolute Gasteiger partial charge is 0.423 e. The maximum atomic E-state index is 9.93. The van der Waals surface area contributed by atoms with Crippen LogP contribution in [-0.4, -0.2) is 53.3 Å². The summed E-state index contributed by atoms with van der Waals surface area (Å²) in [6.07, 6.45) is 3.63. The van der Waals surface area contributed by atoms with Crippen molar-refractivity contribution in [1.82, 2.24) is 20.3 Å². The third kappa shape index (κ3) is 2.72. The van der Waals surface area contributed by atoms with E-state index in [1.54, 1.807) is 6.20 Å². The van der Waals surface area contributed by atoms with E-state index >= 15 is 0 Å². The molecule has 0 unspecified atom stereocenters. The van der Waals surface area contributed by atoms with Gasteiger partial charge < -0.3 is 19.9 Å². The van der Waals surface area contributed by atoms with Gasteiger partial charge in [0, 0.05) is 49.5 Å². The van der Waals surface area contributed by atoms with Gasteiger partial charge in [-0.1, -0.05) is 6.07 Å².